The zero-order valence-corrected chi connectivity index (χ0v) is 21.5. The Hall–Kier alpha value is -2.99. The van der Waals surface area contributed by atoms with E-state index in [1.54, 1.807) is 24.4 Å². The summed E-state index contributed by atoms with van der Waals surface area (Å²) in [6.45, 7) is 1.57. The molecule has 0 spiro atoms. The van der Waals surface area contributed by atoms with Crippen molar-refractivity contribution in [1.82, 2.24) is 14.6 Å². The second kappa shape index (κ2) is 10.2. The number of likely N-dealkylation sites (N-methyl/N-ethyl adjacent to an activating group) is 1. The average molecular weight is 529 g/mol. The Balaban J connectivity index is 1.41. The van der Waals surface area contributed by atoms with E-state index in [9.17, 15) is 13.2 Å². The Kier molecular flexibility index (Phi) is 6.98. The van der Waals surface area contributed by atoms with E-state index in [2.05, 4.69) is 19.9 Å². The number of sulfonamides is 1. The highest BCUT2D eigenvalue weighted by Crippen LogP contribution is 2.38. The van der Waals surface area contributed by atoms with Crippen LogP contribution in [-0.2, 0) is 35.8 Å². The number of benzene rings is 1. The SMILES string of the molecule is CN1CCc2sc(S(=O)(=O)NC(=O)Nc3c(-c4ccnc(OCCO)c4)ccc4c3CCC4)cc2C1. The number of urea groups is 1. The van der Waals surface area contributed by atoms with Crippen molar-refractivity contribution in [1.29, 1.82) is 0 Å². The van der Waals surface area contributed by atoms with E-state index in [0.717, 1.165) is 64.9 Å². The first-order valence-corrected chi connectivity index (χ1v) is 14.1. The Labute approximate surface area is 214 Å². The molecule has 3 heterocycles. The number of ether oxygens (including phenoxy) is 1. The van der Waals surface area contributed by atoms with Crippen LogP contribution in [-0.4, -0.2) is 56.2 Å². The van der Waals surface area contributed by atoms with Crippen molar-refractivity contribution < 1.29 is 23.1 Å². The van der Waals surface area contributed by atoms with E-state index >= 15 is 0 Å². The number of hydrogen-bond donors (Lipinski definition) is 3. The van der Waals surface area contributed by atoms with Crippen LogP contribution >= 0.6 is 11.3 Å². The van der Waals surface area contributed by atoms with Gasteiger partial charge in [-0.3, -0.25) is 0 Å². The van der Waals surface area contributed by atoms with Gasteiger partial charge in [0, 0.05) is 35.8 Å². The number of carbonyl (C=O) groups excluding carboxylic acids is 1. The summed E-state index contributed by atoms with van der Waals surface area (Å²) < 4.78 is 33.9. The first kappa shape index (κ1) is 24.7. The van der Waals surface area contributed by atoms with Gasteiger partial charge in [0.25, 0.3) is 10.0 Å². The van der Waals surface area contributed by atoms with Crippen LogP contribution in [0.1, 0.15) is 28.0 Å². The number of fused-ring (bicyclic) bond motifs is 2. The Morgan fingerprint density at radius 1 is 1.19 bits per heavy atom. The van der Waals surface area contributed by atoms with Gasteiger partial charge >= 0.3 is 6.03 Å². The number of rotatable bonds is 7. The lowest BCUT2D eigenvalue weighted by Gasteiger charge is -2.21. The van der Waals surface area contributed by atoms with Crippen LogP contribution in [0.5, 0.6) is 5.88 Å². The van der Waals surface area contributed by atoms with E-state index in [-0.39, 0.29) is 17.4 Å². The molecule has 0 bridgehead atoms. The van der Waals surface area contributed by atoms with Crippen LogP contribution in [0.3, 0.4) is 0 Å². The van der Waals surface area contributed by atoms with Gasteiger partial charge < -0.3 is 20.1 Å². The molecule has 3 aromatic rings. The maximum atomic E-state index is 13.0. The van der Waals surface area contributed by atoms with Gasteiger partial charge in [0.1, 0.15) is 10.8 Å². The van der Waals surface area contributed by atoms with Gasteiger partial charge in [0.2, 0.25) is 5.88 Å². The van der Waals surface area contributed by atoms with Crippen molar-refractivity contribution in [2.75, 3.05) is 32.1 Å². The number of pyridine rings is 1. The van der Waals surface area contributed by atoms with E-state index in [1.807, 2.05) is 19.2 Å². The molecule has 1 aromatic carbocycles. The Bertz CT molecular complexity index is 1400. The van der Waals surface area contributed by atoms with Crippen LogP contribution in [0.25, 0.3) is 11.1 Å². The van der Waals surface area contributed by atoms with E-state index in [4.69, 9.17) is 9.84 Å². The van der Waals surface area contributed by atoms with Gasteiger partial charge in [-0.2, -0.15) is 0 Å². The molecule has 0 fully saturated rings. The first-order chi connectivity index (χ1) is 17.3. The van der Waals surface area contributed by atoms with Gasteiger partial charge in [-0.25, -0.2) is 22.9 Å². The molecule has 0 saturated carbocycles. The van der Waals surface area contributed by atoms with Crippen molar-refractivity contribution in [3.63, 3.8) is 0 Å². The van der Waals surface area contributed by atoms with Crippen LogP contribution in [0.2, 0.25) is 0 Å². The summed E-state index contributed by atoms with van der Waals surface area (Å²) in [4.78, 5) is 20.4. The fourth-order valence-corrected chi connectivity index (χ4v) is 7.20. The number of carbonyl (C=O) groups is 1. The fraction of sp³-hybridized carbons (Fsp3) is 0.360. The summed E-state index contributed by atoms with van der Waals surface area (Å²) in [7, 11) is -2.01. The number of anilines is 1. The second-order valence-corrected chi connectivity index (χ2v) is 12.0. The minimum absolute atomic E-state index is 0.119. The molecule has 1 aliphatic heterocycles. The Morgan fingerprint density at radius 2 is 2.06 bits per heavy atom. The Morgan fingerprint density at radius 3 is 2.89 bits per heavy atom. The maximum absolute atomic E-state index is 13.0. The van der Waals surface area contributed by atoms with Gasteiger partial charge in [0.15, 0.2) is 0 Å². The monoisotopic (exact) mass is 528 g/mol. The molecular weight excluding hydrogens is 500 g/mol. The van der Waals surface area contributed by atoms with Crippen molar-refractivity contribution >= 4 is 33.1 Å². The predicted octanol–water partition coefficient (Wildman–Crippen LogP) is 3.17. The third-order valence-electron chi connectivity index (χ3n) is 6.44. The topological polar surface area (TPSA) is 121 Å². The molecule has 2 aliphatic rings. The van der Waals surface area contributed by atoms with Crippen LogP contribution in [0, 0.1) is 0 Å². The number of aryl methyl sites for hydroxylation is 1. The highest BCUT2D eigenvalue weighted by atomic mass is 32.2. The molecular formula is C25H28N4O5S2. The zero-order valence-electron chi connectivity index (χ0n) is 19.9. The summed E-state index contributed by atoms with van der Waals surface area (Å²) in [6, 6.07) is 8.37. The van der Waals surface area contributed by atoms with Crippen LogP contribution < -0.4 is 14.8 Å². The molecule has 2 amide bonds. The lowest BCUT2D eigenvalue weighted by Crippen LogP contribution is -2.34. The van der Waals surface area contributed by atoms with E-state index in [0.29, 0.717) is 18.1 Å². The van der Waals surface area contributed by atoms with Crippen molar-refractivity contribution in [3.8, 4) is 17.0 Å². The van der Waals surface area contributed by atoms with Crippen LogP contribution in [0.15, 0.2) is 40.7 Å². The molecule has 0 saturated heterocycles. The molecule has 0 unspecified atom stereocenters. The van der Waals surface area contributed by atoms with Gasteiger partial charge in [0.05, 0.1) is 12.3 Å². The highest BCUT2D eigenvalue weighted by molar-refractivity contribution is 7.92. The van der Waals surface area contributed by atoms with Crippen molar-refractivity contribution in [2.45, 2.75) is 36.4 Å². The molecule has 0 atom stereocenters. The number of aromatic nitrogens is 1. The molecule has 190 valence electrons. The van der Waals surface area contributed by atoms with Gasteiger partial charge in [-0.05, 0) is 67.1 Å². The molecule has 3 N–H and O–H groups in total. The van der Waals surface area contributed by atoms with Crippen molar-refractivity contribution in [3.05, 3.63) is 58.1 Å². The molecule has 36 heavy (non-hydrogen) atoms. The number of thiophene rings is 1. The smallest absolute Gasteiger partial charge is 0.333 e. The van der Waals surface area contributed by atoms with Gasteiger partial charge in [-0.1, -0.05) is 12.1 Å². The average Bonchev–Trinajstić information content (AvgIpc) is 3.50. The number of hydrogen-bond acceptors (Lipinski definition) is 8. The number of nitrogens with one attached hydrogen (secondary N) is 2. The molecule has 11 heteroatoms. The summed E-state index contributed by atoms with van der Waals surface area (Å²) in [6.07, 6.45) is 5.05. The first-order valence-electron chi connectivity index (χ1n) is 11.8. The third-order valence-corrected chi connectivity index (χ3v) is 9.48. The number of aliphatic hydroxyl groups excluding tert-OH is 1. The molecule has 5 rings (SSSR count). The lowest BCUT2D eigenvalue weighted by atomic mass is 9.98. The number of nitrogens with zero attached hydrogens (tertiary/aromatic N) is 2. The summed E-state index contributed by atoms with van der Waals surface area (Å²) >= 11 is 1.22. The third kappa shape index (κ3) is 5.10. The van der Waals surface area contributed by atoms with E-state index < -0.39 is 16.1 Å². The normalized spacial score (nSPS) is 15.3. The van der Waals surface area contributed by atoms with Gasteiger partial charge in [-0.15, -0.1) is 11.3 Å². The minimum Gasteiger partial charge on any atom is -0.475 e. The largest absolute Gasteiger partial charge is 0.475 e. The van der Waals surface area contributed by atoms with Crippen LogP contribution in [0.4, 0.5) is 10.5 Å². The maximum Gasteiger partial charge on any atom is 0.333 e. The number of amides is 2. The fourth-order valence-electron chi connectivity index (χ4n) is 4.75. The van der Waals surface area contributed by atoms with Crippen molar-refractivity contribution in [2.24, 2.45) is 0 Å². The summed E-state index contributed by atoms with van der Waals surface area (Å²) in [5, 5.41) is 11.9. The molecule has 1 aliphatic carbocycles. The van der Waals surface area contributed by atoms with E-state index in [1.165, 1.54) is 11.3 Å². The minimum atomic E-state index is -4.02. The predicted molar refractivity (Wildman–Crippen MR) is 138 cm³/mol. The lowest BCUT2D eigenvalue weighted by molar-refractivity contribution is 0.197. The quantitative estimate of drug-likeness (QED) is 0.431. The summed E-state index contributed by atoms with van der Waals surface area (Å²) in [5.74, 6) is 0.354. The molecule has 2 aromatic heterocycles. The highest BCUT2D eigenvalue weighted by Gasteiger charge is 2.26. The zero-order chi connectivity index (χ0) is 25.3. The summed E-state index contributed by atoms with van der Waals surface area (Å²) in [5.41, 5.74) is 5.23. The standard InChI is InChI=1S/C25H28N4O5S2/c1-29-10-8-21-18(15-29)14-23(35-21)36(32,33)28-25(31)27-24-19-4-2-3-16(19)5-6-20(24)17-7-9-26-22(13-17)34-12-11-30/h5-7,9,13-14,30H,2-4,8,10-12,15H2,1H3,(H2,27,28,31). The molecule has 0 radical (unpaired) electrons. The second-order valence-electron chi connectivity index (χ2n) is 9.00. The molecule has 9 nitrogen and oxygen atoms in total. The number of aliphatic hydroxyl groups is 1.